The normalized spacial score (nSPS) is 11.5. The van der Waals surface area contributed by atoms with Crippen LogP contribution in [-0.4, -0.2) is 11.8 Å². The van der Waals surface area contributed by atoms with Crippen molar-refractivity contribution in [2.45, 2.75) is 12.5 Å². The third-order valence-corrected chi connectivity index (χ3v) is 4.49. The Bertz CT molecular complexity index is 979. The van der Waals surface area contributed by atoms with Crippen LogP contribution in [0.25, 0.3) is 0 Å². The van der Waals surface area contributed by atoms with Gasteiger partial charge < -0.3 is 10.6 Å². The second kappa shape index (κ2) is 9.15. The molecule has 0 fully saturated rings. The molecule has 0 aliphatic rings. The zero-order chi connectivity index (χ0) is 19.9. The van der Waals surface area contributed by atoms with E-state index in [-0.39, 0.29) is 12.1 Å². The molecule has 0 unspecified atom stereocenters. The molecule has 0 aliphatic carbocycles. The lowest BCUT2D eigenvalue weighted by atomic mass is 10.0. The van der Waals surface area contributed by atoms with E-state index in [1.165, 1.54) is 12.1 Å². The van der Waals surface area contributed by atoms with Crippen LogP contribution in [0.1, 0.15) is 28.4 Å². The zero-order valence-corrected chi connectivity index (χ0v) is 15.6. The molecule has 0 saturated carbocycles. The Labute approximate surface area is 167 Å². The Morgan fingerprint density at radius 1 is 0.893 bits per heavy atom. The summed E-state index contributed by atoms with van der Waals surface area (Å²) in [7, 11) is 0. The summed E-state index contributed by atoms with van der Waals surface area (Å²) in [6.07, 6.45) is -0.0610. The highest BCUT2D eigenvalue weighted by molar-refractivity contribution is 6.33. The Morgan fingerprint density at radius 3 is 2.25 bits per heavy atom. The van der Waals surface area contributed by atoms with Gasteiger partial charge >= 0.3 is 0 Å². The third-order valence-electron chi connectivity index (χ3n) is 4.16. The summed E-state index contributed by atoms with van der Waals surface area (Å²) in [5.41, 5.74) is 1.17. The van der Waals surface area contributed by atoms with Gasteiger partial charge in [0.2, 0.25) is 5.91 Å². The maximum absolute atomic E-state index is 13.8. The summed E-state index contributed by atoms with van der Waals surface area (Å²) >= 11 is 6.10. The molecule has 0 aromatic heterocycles. The molecule has 0 heterocycles. The summed E-state index contributed by atoms with van der Waals surface area (Å²) in [5.74, 6) is -1.33. The van der Waals surface area contributed by atoms with Crippen LogP contribution in [0.5, 0.6) is 0 Å². The summed E-state index contributed by atoms with van der Waals surface area (Å²) in [6, 6.07) is 21.1. The minimum atomic E-state index is -0.600. The molecule has 6 heteroatoms. The Balaban J connectivity index is 1.78. The van der Waals surface area contributed by atoms with Crippen LogP contribution in [-0.2, 0) is 4.79 Å². The topological polar surface area (TPSA) is 58.2 Å². The van der Waals surface area contributed by atoms with Gasteiger partial charge in [-0.05, 0) is 29.8 Å². The Kier molecular flexibility index (Phi) is 6.40. The summed E-state index contributed by atoms with van der Waals surface area (Å²) in [4.78, 5) is 25.1. The lowest BCUT2D eigenvalue weighted by Gasteiger charge is -2.19. The van der Waals surface area contributed by atoms with Crippen LogP contribution >= 0.6 is 11.6 Å². The van der Waals surface area contributed by atoms with Gasteiger partial charge in [-0.15, -0.1) is 0 Å². The lowest BCUT2D eigenvalue weighted by Crippen LogP contribution is -2.31. The van der Waals surface area contributed by atoms with Crippen LogP contribution in [0.3, 0.4) is 0 Å². The van der Waals surface area contributed by atoms with Crippen LogP contribution in [0.15, 0.2) is 78.9 Å². The molecular weight excluding hydrogens is 379 g/mol. The van der Waals surface area contributed by atoms with E-state index >= 15 is 0 Å². The molecule has 0 bridgehead atoms. The number of anilines is 1. The molecule has 0 aliphatic heterocycles. The fourth-order valence-electron chi connectivity index (χ4n) is 2.77. The molecule has 0 spiro atoms. The number of hydrogen-bond donors (Lipinski definition) is 2. The second-order valence-corrected chi connectivity index (χ2v) is 6.56. The largest absolute Gasteiger partial charge is 0.345 e. The number of benzene rings is 3. The van der Waals surface area contributed by atoms with Gasteiger partial charge in [0.25, 0.3) is 5.91 Å². The van der Waals surface area contributed by atoms with Gasteiger partial charge in [-0.3, -0.25) is 9.59 Å². The number of amides is 2. The van der Waals surface area contributed by atoms with Gasteiger partial charge in [0.15, 0.2) is 0 Å². The number of nitrogens with one attached hydrogen (secondary N) is 2. The molecule has 2 amide bonds. The number of halogens is 2. The van der Waals surface area contributed by atoms with Crippen molar-refractivity contribution in [1.29, 1.82) is 0 Å². The van der Waals surface area contributed by atoms with Gasteiger partial charge in [-0.2, -0.15) is 0 Å². The van der Waals surface area contributed by atoms with Crippen molar-refractivity contribution in [3.63, 3.8) is 0 Å². The maximum Gasteiger partial charge on any atom is 0.253 e. The molecule has 142 valence electrons. The van der Waals surface area contributed by atoms with Crippen LogP contribution in [0.2, 0.25) is 5.02 Å². The average molecular weight is 397 g/mol. The number of carbonyl (C=O) groups excluding carboxylic acids is 2. The summed E-state index contributed by atoms with van der Waals surface area (Å²) < 4.78 is 13.8. The maximum atomic E-state index is 13.8. The van der Waals surface area contributed by atoms with E-state index in [2.05, 4.69) is 10.6 Å². The second-order valence-electron chi connectivity index (χ2n) is 6.15. The monoisotopic (exact) mass is 396 g/mol. The van der Waals surface area contributed by atoms with Gasteiger partial charge in [-0.25, -0.2) is 4.39 Å². The SMILES string of the molecule is O=C(C[C@H](NC(=O)c1ccccc1Cl)c1ccccc1)Nc1ccccc1F. The standard InChI is InChI=1S/C22H18ClFN2O2/c23-17-11-5-4-10-16(17)22(28)26-20(15-8-2-1-3-9-15)14-21(27)25-19-13-7-6-12-18(19)24/h1-13,20H,14H2,(H,25,27)(H,26,28)/t20-/m0/s1. The zero-order valence-electron chi connectivity index (χ0n) is 14.9. The van der Waals surface area contributed by atoms with E-state index in [9.17, 15) is 14.0 Å². The quantitative estimate of drug-likeness (QED) is 0.617. The predicted molar refractivity (Wildman–Crippen MR) is 108 cm³/mol. The smallest absolute Gasteiger partial charge is 0.253 e. The predicted octanol–water partition coefficient (Wildman–Crippen LogP) is 4.98. The van der Waals surface area contributed by atoms with E-state index in [0.29, 0.717) is 10.6 Å². The van der Waals surface area contributed by atoms with Gasteiger partial charge in [0, 0.05) is 0 Å². The fraction of sp³-hybridized carbons (Fsp3) is 0.0909. The molecule has 1 atom stereocenters. The van der Waals surface area contributed by atoms with Crippen molar-refractivity contribution < 1.29 is 14.0 Å². The van der Waals surface area contributed by atoms with Crippen LogP contribution in [0.4, 0.5) is 10.1 Å². The molecule has 0 saturated heterocycles. The van der Waals surface area contributed by atoms with Crippen LogP contribution in [0, 0.1) is 5.82 Å². The number of rotatable bonds is 6. The molecule has 0 radical (unpaired) electrons. The van der Waals surface area contributed by atoms with Crippen molar-refractivity contribution in [3.05, 3.63) is 101 Å². The van der Waals surface area contributed by atoms with E-state index in [4.69, 9.17) is 11.6 Å². The van der Waals surface area contributed by atoms with Crippen molar-refractivity contribution in [2.24, 2.45) is 0 Å². The molecule has 28 heavy (non-hydrogen) atoms. The number of para-hydroxylation sites is 1. The van der Waals surface area contributed by atoms with Gasteiger partial charge in [0.1, 0.15) is 5.82 Å². The Morgan fingerprint density at radius 2 is 1.54 bits per heavy atom. The minimum absolute atomic E-state index is 0.0610. The van der Waals surface area contributed by atoms with Crippen molar-refractivity contribution in [2.75, 3.05) is 5.32 Å². The fourth-order valence-corrected chi connectivity index (χ4v) is 2.99. The van der Waals surface area contributed by atoms with Crippen molar-refractivity contribution in [3.8, 4) is 0 Å². The molecule has 2 N–H and O–H groups in total. The highest BCUT2D eigenvalue weighted by Crippen LogP contribution is 2.21. The highest BCUT2D eigenvalue weighted by atomic mass is 35.5. The molecular formula is C22H18ClFN2O2. The Hall–Kier alpha value is -3.18. The third kappa shape index (κ3) is 4.96. The molecule has 3 rings (SSSR count). The first kappa shape index (κ1) is 19.6. The number of carbonyl (C=O) groups is 2. The first-order valence-electron chi connectivity index (χ1n) is 8.69. The van der Waals surface area contributed by atoms with Crippen LogP contribution < -0.4 is 10.6 Å². The average Bonchev–Trinajstić information content (AvgIpc) is 2.70. The molecule has 3 aromatic carbocycles. The summed E-state index contributed by atoms with van der Waals surface area (Å²) in [6.45, 7) is 0. The van der Waals surface area contributed by atoms with Crippen molar-refractivity contribution >= 4 is 29.1 Å². The molecule has 3 aromatic rings. The van der Waals surface area contributed by atoms with E-state index in [0.717, 1.165) is 5.56 Å². The van der Waals surface area contributed by atoms with E-state index in [1.54, 1.807) is 36.4 Å². The van der Waals surface area contributed by atoms with E-state index in [1.807, 2.05) is 30.3 Å². The van der Waals surface area contributed by atoms with Gasteiger partial charge in [-0.1, -0.05) is 66.2 Å². The molecule has 4 nitrogen and oxygen atoms in total. The first-order valence-corrected chi connectivity index (χ1v) is 9.07. The van der Waals surface area contributed by atoms with Crippen molar-refractivity contribution in [1.82, 2.24) is 5.32 Å². The van der Waals surface area contributed by atoms with Gasteiger partial charge in [0.05, 0.1) is 28.7 Å². The highest BCUT2D eigenvalue weighted by Gasteiger charge is 2.21. The lowest BCUT2D eigenvalue weighted by molar-refractivity contribution is -0.116. The van der Waals surface area contributed by atoms with E-state index < -0.39 is 23.7 Å². The minimum Gasteiger partial charge on any atom is -0.345 e. The number of hydrogen-bond acceptors (Lipinski definition) is 2. The summed E-state index contributed by atoms with van der Waals surface area (Å²) in [5, 5.41) is 5.71. The first-order chi connectivity index (χ1) is 13.5.